The number of hydrogen-bond acceptors (Lipinski definition) is 1. The zero-order chi connectivity index (χ0) is 15.1. The van der Waals surface area contributed by atoms with E-state index in [0.29, 0.717) is 12.3 Å². The lowest BCUT2D eigenvalue weighted by Gasteiger charge is -2.15. The Morgan fingerprint density at radius 1 is 0.950 bits per heavy atom. The lowest BCUT2D eigenvalue weighted by molar-refractivity contribution is -0.121. The highest BCUT2D eigenvalue weighted by Crippen LogP contribution is 2.10. The summed E-state index contributed by atoms with van der Waals surface area (Å²) in [5.41, 5.74) is 0. The molecule has 20 heavy (non-hydrogen) atoms. The van der Waals surface area contributed by atoms with Crippen LogP contribution in [0.3, 0.4) is 0 Å². The number of rotatable bonds is 14. The van der Waals surface area contributed by atoms with E-state index in [1.165, 1.54) is 51.4 Å². The molecule has 1 amide bonds. The van der Waals surface area contributed by atoms with Crippen molar-refractivity contribution in [2.75, 3.05) is 5.88 Å². The predicted octanol–water partition coefficient (Wildman–Crippen LogP) is 5.43. The van der Waals surface area contributed by atoms with Gasteiger partial charge in [-0.05, 0) is 19.3 Å². The van der Waals surface area contributed by atoms with Crippen LogP contribution >= 0.6 is 11.6 Å². The average Bonchev–Trinajstić information content (AvgIpc) is 2.45. The number of carbonyl (C=O) groups excluding carboxylic acids is 1. The van der Waals surface area contributed by atoms with Gasteiger partial charge in [-0.1, -0.05) is 65.2 Å². The molecule has 0 bridgehead atoms. The van der Waals surface area contributed by atoms with Crippen LogP contribution in [0.25, 0.3) is 0 Å². The number of alkyl halides is 1. The first-order valence-electron chi connectivity index (χ1n) is 8.59. The second-order valence-corrected chi connectivity index (χ2v) is 6.11. The number of nitrogens with one attached hydrogen (secondary N) is 1. The lowest BCUT2D eigenvalue weighted by Crippen LogP contribution is -2.34. The lowest BCUT2D eigenvalue weighted by atomic mass is 10.1. The molecule has 2 nitrogen and oxygen atoms in total. The summed E-state index contributed by atoms with van der Waals surface area (Å²) in [6, 6.07) is 0.263. The van der Waals surface area contributed by atoms with Crippen molar-refractivity contribution in [2.24, 2.45) is 0 Å². The monoisotopic (exact) mass is 303 g/mol. The fraction of sp³-hybridized carbons (Fsp3) is 0.941. The van der Waals surface area contributed by atoms with Crippen molar-refractivity contribution in [3.8, 4) is 0 Å². The molecule has 0 saturated heterocycles. The Bertz CT molecular complexity index is 221. The third-order valence-corrected chi connectivity index (χ3v) is 4.04. The maximum absolute atomic E-state index is 11.7. The van der Waals surface area contributed by atoms with Crippen molar-refractivity contribution < 1.29 is 4.79 Å². The minimum Gasteiger partial charge on any atom is -0.353 e. The molecule has 0 aromatic rings. The number of unbranched alkanes of at least 4 members (excludes halogenated alkanes) is 8. The molecule has 0 heterocycles. The number of carbonyl (C=O) groups is 1. The van der Waals surface area contributed by atoms with Gasteiger partial charge in [0, 0.05) is 18.3 Å². The molecule has 0 aliphatic heterocycles. The Balaban J connectivity index is 3.34. The minimum absolute atomic E-state index is 0.199. The van der Waals surface area contributed by atoms with Crippen LogP contribution in [0.15, 0.2) is 0 Å². The van der Waals surface area contributed by atoms with E-state index < -0.39 is 0 Å². The summed E-state index contributed by atoms with van der Waals surface area (Å²) in [5.74, 6) is 0.821. The molecular formula is C17H34ClNO. The van der Waals surface area contributed by atoms with Gasteiger partial charge in [-0.2, -0.15) is 0 Å². The molecule has 0 saturated carbocycles. The number of halogens is 1. The molecule has 120 valence electrons. The standard InChI is InChI=1S/C17H34ClNO/c1-3-5-6-7-8-9-10-11-12-13-17(20)19-16(4-2)14-15-18/h16H,3-15H2,1-2H3,(H,19,20). The fourth-order valence-corrected chi connectivity index (χ4v) is 2.67. The maximum atomic E-state index is 11.7. The second-order valence-electron chi connectivity index (χ2n) is 5.73. The molecule has 0 rings (SSSR count). The Kier molecular flexibility index (Phi) is 15.0. The number of amides is 1. The molecule has 0 aromatic carbocycles. The van der Waals surface area contributed by atoms with Crippen LogP contribution < -0.4 is 5.32 Å². The van der Waals surface area contributed by atoms with Crippen molar-refractivity contribution in [2.45, 2.75) is 96.9 Å². The van der Waals surface area contributed by atoms with Crippen molar-refractivity contribution in [1.82, 2.24) is 5.32 Å². The van der Waals surface area contributed by atoms with Gasteiger partial charge in [-0.15, -0.1) is 11.6 Å². The SMILES string of the molecule is CCCCCCCCCCCC(=O)NC(CC)CCCl. The molecule has 1 unspecified atom stereocenters. The summed E-state index contributed by atoms with van der Waals surface area (Å²) in [6.07, 6.45) is 14.2. The topological polar surface area (TPSA) is 29.1 Å². The molecule has 0 aliphatic carbocycles. The van der Waals surface area contributed by atoms with Gasteiger partial charge in [0.1, 0.15) is 0 Å². The van der Waals surface area contributed by atoms with Crippen molar-refractivity contribution in [3.63, 3.8) is 0 Å². The first kappa shape index (κ1) is 19.8. The summed E-state index contributed by atoms with van der Waals surface area (Å²) < 4.78 is 0. The van der Waals surface area contributed by atoms with E-state index in [-0.39, 0.29) is 11.9 Å². The van der Waals surface area contributed by atoms with Crippen molar-refractivity contribution >= 4 is 17.5 Å². The fourth-order valence-electron chi connectivity index (χ4n) is 2.41. The molecule has 0 fully saturated rings. The average molecular weight is 304 g/mol. The van der Waals surface area contributed by atoms with E-state index in [4.69, 9.17) is 11.6 Å². The Morgan fingerprint density at radius 2 is 1.50 bits per heavy atom. The Hall–Kier alpha value is -0.240. The summed E-state index contributed by atoms with van der Waals surface area (Å²) in [6.45, 7) is 4.34. The van der Waals surface area contributed by atoms with Crippen LogP contribution in [0.2, 0.25) is 0 Å². The highest BCUT2D eigenvalue weighted by molar-refractivity contribution is 6.17. The van der Waals surface area contributed by atoms with Gasteiger partial charge < -0.3 is 5.32 Å². The molecule has 0 spiro atoms. The van der Waals surface area contributed by atoms with E-state index in [1.807, 2.05) is 0 Å². The molecular weight excluding hydrogens is 270 g/mol. The molecule has 1 atom stereocenters. The zero-order valence-corrected chi connectivity index (χ0v) is 14.3. The molecule has 0 aromatic heterocycles. The highest BCUT2D eigenvalue weighted by Gasteiger charge is 2.09. The Morgan fingerprint density at radius 3 is 2.00 bits per heavy atom. The largest absolute Gasteiger partial charge is 0.353 e. The van der Waals surface area contributed by atoms with Gasteiger partial charge in [-0.3, -0.25) is 4.79 Å². The summed E-state index contributed by atoms with van der Waals surface area (Å²) >= 11 is 5.71. The minimum atomic E-state index is 0.199. The van der Waals surface area contributed by atoms with E-state index in [1.54, 1.807) is 0 Å². The van der Waals surface area contributed by atoms with Gasteiger partial charge in [0.05, 0.1) is 0 Å². The second kappa shape index (κ2) is 15.2. The zero-order valence-electron chi connectivity index (χ0n) is 13.6. The van der Waals surface area contributed by atoms with Crippen LogP contribution in [-0.4, -0.2) is 17.8 Å². The van der Waals surface area contributed by atoms with Gasteiger partial charge >= 0.3 is 0 Å². The summed E-state index contributed by atoms with van der Waals surface area (Å²) in [7, 11) is 0. The molecule has 0 aliphatic rings. The van der Waals surface area contributed by atoms with Gasteiger partial charge in [0.25, 0.3) is 0 Å². The quantitative estimate of drug-likeness (QED) is 0.336. The van der Waals surface area contributed by atoms with Gasteiger partial charge in [-0.25, -0.2) is 0 Å². The first-order chi connectivity index (χ1) is 9.74. The van der Waals surface area contributed by atoms with E-state index >= 15 is 0 Å². The van der Waals surface area contributed by atoms with Crippen LogP contribution in [0, 0.1) is 0 Å². The van der Waals surface area contributed by atoms with Crippen LogP contribution in [-0.2, 0) is 4.79 Å². The Labute approximate surface area is 131 Å². The van der Waals surface area contributed by atoms with Crippen molar-refractivity contribution in [3.05, 3.63) is 0 Å². The maximum Gasteiger partial charge on any atom is 0.220 e. The third kappa shape index (κ3) is 12.8. The van der Waals surface area contributed by atoms with Crippen molar-refractivity contribution in [1.29, 1.82) is 0 Å². The van der Waals surface area contributed by atoms with E-state index in [0.717, 1.165) is 19.3 Å². The normalized spacial score (nSPS) is 12.3. The smallest absolute Gasteiger partial charge is 0.220 e. The van der Waals surface area contributed by atoms with E-state index in [2.05, 4.69) is 19.2 Å². The van der Waals surface area contributed by atoms with Gasteiger partial charge in [0.15, 0.2) is 0 Å². The summed E-state index contributed by atoms with van der Waals surface area (Å²) in [5, 5.41) is 3.07. The van der Waals surface area contributed by atoms with Crippen LogP contribution in [0.4, 0.5) is 0 Å². The van der Waals surface area contributed by atoms with Gasteiger partial charge in [0.2, 0.25) is 5.91 Å². The summed E-state index contributed by atoms with van der Waals surface area (Å²) in [4.78, 5) is 11.7. The third-order valence-electron chi connectivity index (χ3n) is 3.82. The van der Waals surface area contributed by atoms with Crippen LogP contribution in [0.5, 0.6) is 0 Å². The number of hydrogen-bond donors (Lipinski definition) is 1. The van der Waals surface area contributed by atoms with E-state index in [9.17, 15) is 4.79 Å². The molecule has 0 radical (unpaired) electrons. The van der Waals surface area contributed by atoms with Crippen LogP contribution in [0.1, 0.15) is 90.9 Å². The molecule has 1 N–H and O–H groups in total. The highest BCUT2D eigenvalue weighted by atomic mass is 35.5. The first-order valence-corrected chi connectivity index (χ1v) is 9.13. The predicted molar refractivity (Wildman–Crippen MR) is 89.4 cm³/mol. The molecule has 3 heteroatoms.